The number of carbonyl (C=O) groups excluding carboxylic acids is 2. The summed E-state index contributed by atoms with van der Waals surface area (Å²) in [4.78, 5) is 27.7. The molecule has 0 aliphatic heterocycles. The highest BCUT2D eigenvalue weighted by molar-refractivity contribution is 7.92. The van der Waals surface area contributed by atoms with Crippen LogP contribution >= 0.6 is 11.6 Å². The minimum atomic E-state index is -4.17. The Morgan fingerprint density at radius 3 is 2.19 bits per heavy atom. The predicted octanol–water partition coefficient (Wildman–Crippen LogP) is 4.02. The molecule has 2 amide bonds. The van der Waals surface area contributed by atoms with Gasteiger partial charge in [-0.1, -0.05) is 35.9 Å². The minimum absolute atomic E-state index is 0.0131. The minimum Gasteiger partial charge on any atom is -0.497 e. The van der Waals surface area contributed by atoms with E-state index in [-0.39, 0.29) is 23.0 Å². The van der Waals surface area contributed by atoms with Gasteiger partial charge in [0, 0.05) is 18.6 Å². The Balaban J connectivity index is 2.03. The van der Waals surface area contributed by atoms with Crippen molar-refractivity contribution in [1.29, 1.82) is 0 Å². The van der Waals surface area contributed by atoms with E-state index in [1.165, 1.54) is 55.5 Å². The summed E-state index contributed by atoms with van der Waals surface area (Å²) in [6.45, 7) is 3.14. The molecule has 1 atom stereocenters. The van der Waals surface area contributed by atoms with E-state index in [1.54, 1.807) is 19.1 Å². The molecule has 10 heteroatoms. The molecule has 0 saturated heterocycles. The monoisotopic (exact) mass is 543 g/mol. The van der Waals surface area contributed by atoms with Crippen molar-refractivity contribution in [1.82, 2.24) is 10.2 Å². The molecule has 0 saturated carbocycles. The molecule has 0 radical (unpaired) electrons. The number of nitrogens with one attached hydrogen (secondary N) is 1. The van der Waals surface area contributed by atoms with Crippen LogP contribution in [0, 0.1) is 6.92 Å². The van der Waals surface area contributed by atoms with E-state index in [2.05, 4.69) is 5.32 Å². The zero-order chi connectivity index (χ0) is 27.2. The van der Waals surface area contributed by atoms with Gasteiger partial charge >= 0.3 is 0 Å². The van der Waals surface area contributed by atoms with Crippen LogP contribution in [0.5, 0.6) is 5.75 Å². The molecule has 0 aliphatic rings. The lowest BCUT2D eigenvalue weighted by Gasteiger charge is -2.32. The molecule has 0 bridgehead atoms. The van der Waals surface area contributed by atoms with Crippen molar-refractivity contribution in [3.63, 3.8) is 0 Å². The van der Waals surface area contributed by atoms with Gasteiger partial charge in [0.25, 0.3) is 10.0 Å². The van der Waals surface area contributed by atoms with Gasteiger partial charge in [0.1, 0.15) is 18.3 Å². The number of carbonyl (C=O) groups is 2. The highest BCUT2D eigenvalue weighted by Gasteiger charge is 2.32. The molecule has 8 nitrogen and oxygen atoms in total. The smallest absolute Gasteiger partial charge is 0.264 e. The summed E-state index contributed by atoms with van der Waals surface area (Å²) in [5.74, 6) is -0.402. The van der Waals surface area contributed by atoms with E-state index in [9.17, 15) is 18.0 Å². The standard InChI is InChI=1S/C27H30ClN3O5S/c1-19-7-5-6-8-21(19)17-30(20(2)27(33)29-3)26(32)18-31(23-11-9-22(28)10-12-23)37(34,35)25-15-13-24(36-4)14-16-25/h5-16,20H,17-18H2,1-4H3,(H,29,33). The Labute approximate surface area is 222 Å². The molecule has 0 aliphatic carbocycles. The number of sulfonamides is 1. The Morgan fingerprint density at radius 2 is 1.62 bits per heavy atom. The zero-order valence-electron chi connectivity index (χ0n) is 21.1. The number of hydrogen-bond acceptors (Lipinski definition) is 5. The van der Waals surface area contributed by atoms with Crippen LogP contribution in [-0.4, -0.2) is 51.9 Å². The van der Waals surface area contributed by atoms with Crippen LogP contribution in [0.3, 0.4) is 0 Å². The summed E-state index contributed by atoms with van der Waals surface area (Å²) in [6, 6.07) is 18.8. The number of benzene rings is 3. The van der Waals surface area contributed by atoms with Crippen molar-refractivity contribution < 1.29 is 22.7 Å². The van der Waals surface area contributed by atoms with Crippen LogP contribution in [0.25, 0.3) is 0 Å². The molecule has 3 rings (SSSR count). The maximum atomic E-state index is 13.7. The second-order valence-corrected chi connectivity index (χ2v) is 10.7. The lowest BCUT2D eigenvalue weighted by atomic mass is 10.1. The predicted molar refractivity (Wildman–Crippen MR) is 144 cm³/mol. The van der Waals surface area contributed by atoms with Gasteiger partial charge < -0.3 is 15.0 Å². The average molecular weight is 544 g/mol. The SMILES string of the molecule is CNC(=O)C(C)N(Cc1ccccc1C)C(=O)CN(c1ccc(Cl)cc1)S(=O)(=O)c1ccc(OC)cc1. The Morgan fingerprint density at radius 1 is 1.00 bits per heavy atom. The number of anilines is 1. The third-order valence-corrected chi connectivity index (χ3v) is 8.10. The van der Waals surface area contributed by atoms with Crippen LogP contribution in [0.4, 0.5) is 5.69 Å². The summed E-state index contributed by atoms with van der Waals surface area (Å²) in [7, 11) is -1.19. The van der Waals surface area contributed by atoms with Crippen LogP contribution in [0.1, 0.15) is 18.1 Å². The van der Waals surface area contributed by atoms with Crippen molar-refractivity contribution in [2.24, 2.45) is 0 Å². The Kier molecular flexibility index (Phi) is 9.18. The van der Waals surface area contributed by atoms with Crippen LogP contribution in [-0.2, 0) is 26.2 Å². The van der Waals surface area contributed by atoms with Gasteiger partial charge in [0.05, 0.1) is 17.7 Å². The van der Waals surface area contributed by atoms with Gasteiger partial charge in [-0.2, -0.15) is 0 Å². The van der Waals surface area contributed by atoms with Gasteiger partial charge in [-0.3, -0.25) is 13.9 Å². The first-order valence-corrected chi connectivity index (χ1v) is 13.4. The number of hydrogen-bond donors (Lipinski definition) is 1. The van der Waals surface area contributed by atoms with Gasteiger partial charge in [0.2, 0.25) is 11.8 Å². The second kappa shape index (κ2) is 12.1. The van der Waals surface area contributed by atoms with E-state index in [0.717, 1.165) is 15.4 Å². The van der Waals surface area contributed by atoms with Crippen molar-refractivity contribution >= 4 is 39.1 Å². The molecule has 37 heavy (non-hydrogen) atoms. The van der Waals surface area contributed by atoms with Gasteiger partial charge in [-0.15, -0.1) is 0 Å². The van der Waals surface area contributed by atoms with E-state index in [4.69, 9.17) is 16.3 Å². The number of methoxy groups -OCH3 is 1. The Hall–Kier alpha value is -3.56. The number of halogens is 1. The maximum absolute atomic E-state index is 13.7. The first kappa shape index (κ1) is 28.0. The average Bonchev–Trinajstić information content (AvgIpc) is 2.90. The number of ether oxygens (including phenoxy) is 1. The van der Waals surface area contributed by atoms with Crippen molar-refractivity contribution in [3.8, 4) is 5.75 Å². The molecule has 196 valence electrons. The van der Waals surface area contributed by atoms with Crippen LogP contribution in [0.15, 0.2) is 77.7 Å². The zero-order valence-corrected chi connectivity index (χ0v) is 22.7. The molecule has 0 aromatic heterocycles. The molecule has 0 fully saturated rings. The summed E-state index contributed by atoms with van der Waals surface area (Å²) in [5.41, 5.74) is 2.06. The highest BCUT2D eigenvalue weighted by Crippen LogP contribution is 2.27. The maximum Gasteiger partial charge on any atom is 0.264 e. The van der Waals surface area contributed by atoms with Crippen molar-refractivity contribution in [3.05, 3.63) is 88.9 Å². The lowest BCUT2D eigenvalue weighted by Crippen LogP contribution is -2.50. The molecule has 0 spiro atoms. The van der Waals surface area contributed by atoms with Gasteiger partial charge in [0.15, 0.2) is 0 Å². The lowest BCUT2D eigenvalue weighted by molar-refractivity contribution is -0.139. The molecule has 1 N–H and O–H groups in total. The first-order chi connectivity index (χ1) is 17.6. The number of nitrogens with zero attached hydrogens (tertiary/aromatic N) is 2. The number of likely N-dealkylation sites (N-methyl/N-ethyl adjacent to an activating group) is 1. The van der Waals surface area contributed by atoms with Crippen molar-refractivity contribution in [2.75, 3.05) is 25.0 Å². The topological polar surface area (TPSA) is 96.0 Å². The number of rotatable bonds is 10. The second-order valence-electron chi connectivity index (χ2n) is 8.40. The number of amides is 2. The summed E-state index contributed by atoms with van der Waals surface area (Å²) in [6.07, 6.45) is 0. The summed E-state index contributed by atoms with van der Waals surface area (Å²) in [5, 5.41) is 2.99. The fourth-order valence-electron chi connectivity index (χ4n) is 3.77. The van der Waals surface area contributed by atoms with Gasteiger partial charge in [-0.25, -0.2) is 8.42 Å². The molecule has 0 heterocycles. The van der Waals surface area contributed by atoms with Crippen molar-refractivity contribution in [2.45, 2.75) is 31.3 Å². The van der Waals surface area contributed by atoms with Gasteiger partial charge in [-0.05, 0) is 73.5 Å². The normalized spacial score (nSPS) is 11.9. The highest BCUT2D eigenvalue weighted by atomic mass is 35.5. The molecular weight excluding hydrogens is 514 g/mol. The fourth-order valence-corrected chi connectivity index (χ4v) is 5.31. The third-order valence-electron chi connectivity index (χ3n) is 6.06. The largest absolute Gasteiger partial charge is 0.497 e. The van der Waals surface area contributed by atoms with E-state index >= 15 is 0 Å². The van der Waals surface area contributed by atoms with Crippen LogP contribution < -0.4 is 14.4 Å². The molecule has 1 unspecified atom stereocenters. The molecule has 3 aromatic carbocycles. The third kappa shape index (κ3) is 6.61. The summed E-state index contributed by atoms with van der Waals surface area (Å²) < 4.78 is 33.7. The Bertz CT molecular complexity index is 1350. The molecular formula is C27H30ClN3O5S. The van der Waals surface area contributed by atoms with E-state index in [0.29, 0.717) is 10.8 Å². The molecule has 3 aromatic rings. The van der Waals surface area contributed by atoms with E-state index in [1.807, 2.05) is 31.2 Å². The van der Waals surface area contributed by atoms with Crippen LogP contribution in [0.2, 0.25) is 5.02 Å². The summed E-state index contributed by atoms with van der Waals surface area (Å²) >= 11 is 6.03. The number of aryl methyl sites for hydroxylation is 1. The first-order valence-electron chi connectivity index (χ1n) is 11.6. The van der Waals surface area contributed by atoms with E-state index < -0.39 is 28.5 Å². The quantitative estimate of drug-likeness (QED) is 0.417. The fraction of sp³-hybridized carbons (Fsp3) is 0.259.